The normalized spacial score (nSPS) is 19.7. The molecular formula is C11H18BrN3. The molecule has 1 saturated carbocycles. The maximum Gasteiger partial charge on any atom is 0.0690 e. The van der Waals surface area contributed by atoms with Gasteiger partial charge in [-0.1, -0.05) is 25.7 Å². The zero-order chi connectivity index (χ0) is 10.8. The molecular weight excluding hydrogens is 254 g/mol. The predicted octanol–water partition coefficient (Wildman–Crippen LogP) is 2.76. The third-order valence-corrected chi connectivity index (χ3v) is 3.96. The van der Waals surface area contributed by atoms with Gasteiger partial charge in [-0.2, -0.15) is 5.10 Å². The highest BCUT2D eigenvalue weighted by molar-refractivity contribution is 9.10. The number of hydrogen-bond acceptors (Lipinski definition) is 2. The van der Waals surface area contributed by atoms with E-state index in [1.807, 2.05) is 17.9 Å². The molecule has 0 saturated heterocycles. The van der Waals surface area contributed by atoms with Crippen LogP contribution in [0.5, 0.6) is 0 Å². The van der Waals surface area contributed by atoms with Gasteiger partial charge in [-0.05, 0) is 28.3 Å². The first-order valence-electron chi connectivity index (χ1n) is 5.61. The van der Waals surface area contributed by atoms with Crippen LogP contribution in [-0.2, 0) is 7.05 Å². The molecule has 0 spiro atoms. The summed E-state index contributed by atoms with van der Waals surface area (Å²) in [6, 6.07) is 0.120. The van der Waals surface area contributed by atoms with Crippen molar-refractivity contribution >= 4 is 15.9 Å². The number of rotatable bonds is 3. The minimum absolute atomic E-state index is 0.120. The second-order valence-electron chi connectivity index (χ2n) is 4.49. The summed E-state index contributed by atoms with van der Waals surface area (Å²) in [7, 11) is 1.95. The number of halogens is 1. The Labute approximate surface area is 99.2 Å². The molecule has 1 heterocycles. The fourth-order valence-corrected chi connectivity index (χ4v) is 3.20. The van der Waals surface area contributed by atoms with Gasteiger partial charge in [0.25, 0.3) is 0 Å². The van der Waals surface area contributed by atoms with Gasteiger partial charge in [0.1, 0.15) is 0 Å². The molecule has 0 aliphatic heterocycles. The predicted molar refractivity (Wildman–Crippen MR) is 64.4 cm³/mol. The smallest absolute Gasteiger partial charge is 0.0690 e. The van der Waals surface area contributed by atoms with Crippen molar-refractivity contribution in [1.29, 1.82) is 0 Å². The quantitative estimate of drug-likeness (QED) is 0.919. The zero-order valence-corrected chi connectivity index (χ0v) is 10.7. The molecule has 1 fully saturated rings. The molecule has 0 amide bonds. The van der Waals surface area contributed by atoms with Gasteiger partial charge in [-0.3, -0.25) is 4.68 Å². The summed E-state index contributed by atoms with van der Waals surface area (Å²) < 4.78 is 2.92. The van der Waals surface area contributed by atoms with E-state index in [2.05, 4.69) is 21.0 Å². The maximum atomic E-state index is 6.23. The van der Waals surface area contributed by atoms with E-state index in [9.17, 15) is 0 Å². The average molecular weight is 272 g/mol. The van der Waals surface area contributed by atoms with Crippen molar-refractivity contribution in [3.05, 3.63) is 16.4 Å². The van der Waals surface area contributed by atoms with Crippen LogP contribution in [0.3, 0.4) is 0 Å². The summed E-state index contributed by atoms with van der Waals surface area (Å²) in [6.45, 7) is 0. The van der Waals surface area contributed by atoms with Gasteiger partial charge in [-0.25, -0.2) is 0 Å². The first-order chi connectivity index (χ1) is 7.18. The maximum absolute atomic E-state index is 6.23. The van der Waals surface area contributed by atoms with Crippen LogP contribution in [0, 0.1) is 5.92 Å². The van der Waals surface area contributed by atoms with E-state index in [0.29, 0.717) is 0 Å². The second kappa shape index (κ2) is 4.66. The van der Waals surface area contributed by atoms with E-state index < -0.39 is 0 Å². The molecule has 2 N–H and O–H groups in total. The van der Waals surface area contributed by atoms with Crippen molar-refractivity contribution in [2.75, 3.05) is 0 Å². The summed E-state index contributed by atoms with van der Waals surface area (Å²) in [4.78, 5) is 0. The molecule has 1 aliphatic rings. The molecule has 1 aromatic heterocycles. The van der Waals surface area contributed by atoms with E-state index in [0.717, 1.165) is 22.5 Å². The molecule has 1 aliphatic carbocycles. The van der Waals surface area contributed by atoms with Crippen LogP contribution in [0.1, 0.15) is 43.8 Å². The van der Waals surface area contributed by atoms with Crippen LogP contribution in [-0.4, -0.2) is 9.78 Å². The van der Waals surface area contributed by atoms with Gasteiger partial charge in [0, 0.05) is 13.1 Å². The van der Waals surface area contributed by atoms with E-state index in [1.54, 1.807) is 0 Å². The molecule has 0 radical (unpaired) electrons. The molecule has 1 unspecified atom stereocenters. The van der Waals surface area contributed by atoms with Gasteiger partial charge >= 0.3 is 0 Å². The zero-order valence-electron chi connectivity index (χ0n) is 9.12. The third kappa shape index (κ3) is 2.42. The summed E-state index contributed by atoms with van der Waals surface area (Å²) in [6.07, 6.45) is 8.38. The highest BCUT2D eigenvalue weighted by Crippen LogP contribution is 2.33. The molecule has 3 nitrogen and oxygen atoms in total. The number of hydrogen-bond donors (Lipinski definition) is 1. The Morgan fingerprint density at radius 1 is 1.60 bits per heavy atom. The van der Waals surface area contributed by atoms with Crippen molar-refractivity contribution in [2.45, 2.75) is 38.1 Å². The minimum Gasteiger partial charge on any atom is -0.323 e. The van der Waals surface area contributed by atoms with Gasteiger partial charge in [-0.15, -0.1) is 0 Å². The van der Waals surface area contributed by atoms with E-state index in [-0.39, 0.29) is 6.04 Å². The minimum atomic E-state index is 0.120. The van der Waals surface area contributed by atoms with Gasteiger partial charge in [0.05, 0.1) is 16.4 Å². The first-order valence-corrected chi connectivity index (χ1v) is 6.40. The SMILES string of the molecule is Cn1ncc(Br)c1C(N)CC1CCCC1. The van der Waals surface area contributed by atoms with Crippen LogP contribution < -0.4 is 5.73 Å². The van der Waals surface area contributed by atoms with Crippen LogP contribution in [0.25, 0.3) is 0 Å². The van der Waals surface area contributed by atoms with Crippen LogP contribution in [0.4, 0.5) is 0 Å². The Kier molecular flexibility index (Phi) is 3.46. The highest BCUT2D eigenvalue weighted by Gasteiger charge is 2.22. The molecule has 4 heteroatoms. The number of nitrogens with zero attached hydrogens (tertiary/aromatic N) is 2. The molecule has 0 aromatic carbocycles. The van der Waals surface area contributed by atoms with Crippen LogP contribution in [0.15, 0.2) is 10.7 Å². The van der Waals surface area contributed by atoms with Gasteiger partial charge < -0.3 is 5.73 Å². The number of aromatic nitrogens is 2. The monoisotopic (exact) mass is 271 g/mol. The van der Waals surface area contributed by atoms with Crippen LogP contribution in [0.2, 0.25) is 0 Å². The largest absolute Gasteiger partial charge is 0.323 e. The Balaban J connectivity index is 2.03. The lowest BCUT2D eigenvalue weighted by atomic mass is 9.97. The first kappa shape index (κ1) is 11.1. The molecule has 15 heavy (non-hydrogen) atoms. The third-order valence-electron chi connectivity index (χ3n) is 3.35. The topological polar surface area (TPSA) is 43.8 Å². The molecule has 0 bridgehead atoms. The lowest BCUT2D eigenvalue weighted by Crippen LogP contribution is -2.18. The molecule has 1 aromatic rings. The van der Waals surface area contributed by atoms with E-state index >= 15 is 0 Å². The molecule has 84 valence electrons. The van der Waals surface area contributed by atoms with E-state index in [1.165, 1.54) is 25.7 Å². The molecule has 1 atom stereocenters. The number of nitrogens with two attached hydrogens (primary N) is 1. The average Bonchev–Trinajstić information content (AvgIpc) is 2.77. The van der Waals surface area contributed by atoms with E-state index in [4.69, 9.17) is 5.73 Å². The summed E-state index contributed by atoms with van der Waals surface area (Å²) >= 11 is 3.50. The van der Waals surface area contributed by atoms with Crippen molar-refractivity contribution in [3.63, 3.8) is 0 Å². The van der Waals surface area contributed by atoms with Gasteiger partial charge in [0.15, 0.2) is 0 Å². The Morgan fingerprint density at radius 3 is 2.80 bits per heavy atom. The standard InChI is InChI=1S/C11H18BrN3/c1-15-11(9(12)7-14-15)10(13)6-8-4-2-3-5-8/h7-8,10H,2-6,13H2,1H3. The fraction of sp³-hybridized carbons (Fsp3) is 0.727. The highest BCUT2D eigenvalue weighted by atomic mass is 79.9. The summed E-state index contributed by atoms with van der Waals surface area (Å²) in [5.74, 6) is 0.821. The Bertz CT molecular complexity index is 309. The van der Waals surface area contributed by atoms with Gasteiger partial charge in [0.2, 0.25) is 0 Å². The second-order valence-corrected chi connectivity index (χ2v) is 5.35. The van der Waals surface area contributed by atoms with Crippen molar-refractivity contribution in [1.82, 2.24) is 9.78 Å². The molecule has 2 rings (SSSR count). The lowest BCUT2D eigenvalue weighted by Gasteiger charge is -2.17. The summed E-state index contributed by atoms with van der Waals surface area (Å²) in [5, 5.41) is 4.20. The van der Waals surface area contributed by atoms with Crippen LogP contribution >= 0.6 is 15.9 Å². The Hall–Kier alpha value is -0.350. The van der Waals surface area contributed by atoms with Crippen molar-refractivity contribution < 1.29 is 0 Å². The number of aryl methyl sites for hydroxylation is 1. The summed E-state index contributed by atoms with van der Waals surface area (Å²) in [5.41, 5.74) is 7.36. The lowest BCUT2D eigenvalue weighted by molar-refractivity contribution is 0.435. The fourth-order valence-electron chi connectivity index (χ4n) is 2.55. The Morgan fingerprint density at radius 2 is 2.27 bits per heavy atom. The van der Waals surface area contributed by atoms with Crippen molar-refractivity contribution in [3.8, 4) is 0 Å². The van der Waals surface area contributed by atoms with Crippen molar-refractivity contribution in [2.24, 2.45) is 18.7 Å².